The van der Waals surface area contributed by atoms with Crippen molar-refractivity contribution in [1.29, 1.82) is 0 Å². The van der Waals surface area contributed by atoms with Gasteiger partial charge in [0.15, 0.2) is 9.75 Å². The summed E-state index contributed by atoms with van der Waals surface area (Å²) in [5.41, 5.74) is 1.97. The smallest absolute Gasteiger partial charge is 0.258 e. The van der Waals surface area contributed by atoms with Gasteiger partial charge in [-0.15, -0.1) is 23.2 Å². The molecule has 2 aliphatic carbocycles. The Morgan fingerprint density at radius 1 is 0.882 bits per heavy atom. The zero-order valence-corrected chi connectivity index (χ0v) is 29.3. The number of hydrogen-bond acceptors (Lipinski definition) is 7. The zero-order valence-electron chi connectivity index (χ0n) is 27.8. The summed E-state index contributed by atoms with van der Waals surface area (Å²) >= 11 is 14.9. The number of amides is 4. The Hall–Kier alpha value is -4.25. The van der Waals surface area contributed by atoms with Crippen LogP contribution in [0.2, 0.25) is 0 Å². The van der Waals surface area contributed by atoms with Gasteiger partial charge in [-0.2, -0.15) is 0 Å². The van der Waals surface area contributed by atoms with E-state index in [4.69, 9.17) is 27.9 Å². The number of phenolic OH excluding ortho intramolecular Hbond substituents is 1. The van der Waals surface area contributed by atoms with Gasteiger partial charge in [0, 0.05) is 37.2 Å². The van der Waals surface area contributed by atoms with Crippen LogP contribution in [0.3, 0.4) is 0 Å². The molecule has 5 aliphatic rings. The lowest BCUT2D eigenvalue weighted by Crippen LogP contribution is -2.60. The summed E-state index contributed by atoms with van der Waals surface area (Å²) in [5.74, 6) is -6.32. The Morgan fingerprint density at radius 3 is 2.27 bits per heavy atom. The van der Waals surface area contributed by atoms with Crippen molar-refractivity contribution < 1.29 is 33.4 Å². The molecule has 4 fully saturated rings. The number of alkyl halides is 2. The molecule has 12 heteroatoms. The number of anilines is 1. The van der Waals surface area contributed by atoms with Crippen molar-refractivity contribution in [3.8, 4) is 11.5 Å². The van der Waals surface area contributed by atoms with E-state index >= 15 is 0 Å². The van der Waals surface area contributed by atoms with Crippen LogP contribution in [0.4, 0.5) is 10.1 Å². The molecule has 1 saturated carbocycles. The SMILES string of the molecule is COc1cccc(O)c1C1C2=CCC3C(=O)N(C4CCN(Cc5ccccc5)CC4)C(=O)C3C2CC2(Cl)C(=O)N(c3ccc(F)cc3)C(=O)C12Cl. The van der Waals surface area contributed by atoms with E-state index in [0.29, 0.717) is 18.4 Å². The number of imide groups is 2. The van der Waals surface area contributed by atoms with E-state index in [-0.39, 0.29) is 53.4 Å². The number of ether oxygens (including phenoxy) is 1. The van der Waals surface area contributed by atoms with Crippen molar-refractivity contribution in [2.45, 2.75) is 53.9 Å². The number of benzene rings is 3. The first-order valence-corrected chi connectivity index (χ1v) is 18.0. The van der Waals surface area contributed by atoms with E-state index in [2.05, 4.69) is 17.0 Å². The average molecular weight is 733 g/mol. The molecule has 3 aromatic carbocycles. The maximum absolute atomic E-state index is 14.6. The lowest BCUT2D eigenvalue weighted by molar-refractivity contribution is -0.144. The summed E-state index contributed by atoms with van der Waals surface area (Å²) in [6.45, 7) is 2.24. The van der Waals surface area contributed by atoms with Crippen LogP contribution in [0.5, 0.6) is 11.5 Å². The van der Waals surface area contributed by atoms with Gasteiger partial charge in [-0.1, -0.05) is 48.0 Å². The topological polar surface area (TPSA) is 107 Å². The normalized spacial score (nSPS) is 31.0. The van der Waals surface area contributed by atoms with Gasteiger partial charge in [0.1, 0.15) is 17.3 Å². The van der Waals surface area contributed by atoms with Crippen LogP contribution < -0.4 is 9.64 Å². The highest BCUT2D eigenvalue weighted by Gasteiger charge is 2.77. The first-order chi connectivity index (χ1) is 24.5. The van der Waals surface area contributed by atoms with Crippen LogP contribution in [0.15, 0.2) is 84.4 Å². The number of phenols is 1. The molecular formula is C39H36Cl2FN3O6. The number of nitrogens with zero attached hydrogens (tertiary/aromatic N) is 3. The number of methoxy groups -OCH3 is 1. The van der Waals surface area contributed by atoms with Crippen molar-refractivity contribution in [1.82, 2.24) is 9.80 Å². The molecular weight excluding hydrogens is 696 g/mol. The lowest BCUT2D eigenvalue weighted by Gasteiger charge is -2.51. The minimum atomic E-state index is -2.18. The minimum Gasteiger partial charge on any atom is -0.508 e. The summed E-state index contributed by atoms with van der Waals surface area (Å²) in [4.78, 5) is 58.1. The first kappa shape index (κ1) is 33.9. The van der Waals surface area contributed by atoms with Crippen LogP contribution in [0, 0.1) is 23.6 Å². The summed E-state index contributed by atoms with van der Waals surface area (Å²) in [6.07, 6.45) is 3.11. The molecule has 3 aliphatic heterocycles. The van der Waals surface area contributed by atoms with Crippen molar-refractivity contribution in [3.05, 3.63) is 101 Å². The maximum Gasteiger partial charge on any atom is 0.258 e. The standard InChI is InChI=1S/C39H36Cl2FN3O6/c1-51-30-9-5-8-29(46)32(30)33-26-14-15-27-31(35(48)44(34(27)47)25-16-18-43(19-17-25)21-22-6-3-2-4-7-22)28(26)20-38(40)36(49)45(37(50)39(33,38)41)24-12-10-23(42)11-13-24/h2-14,25,27-28,31,33,46H,15-21H2,1H3. The Kier molecular flexibility index (Phi) is 8.27. The van der Waals surface area contributed by atoms with Crippen LogP contribution in [-0.4, -0.2) is 74.5 Å². The number of allylic oxidation sites excluding steroid dienone is 2. The Balaban J connectivity index is 1.17. The minimum absolute atomic E-state index is 0.0792. The summed E-state index contributed by atoms with van der Waals surface area (Å²) < 4.78 is 19.6. The van der Waals surface area contributed by atoms with E-state index in [1.54, 1.807) is 12.1 Å². The number of likely N-dealkylation sites (tertiary alicyclic amines) is 2. The lowest BCUT2D eigenvalue weighted by atomic mass is 9.56. The monoisotopic (exact) mass is 731 g/mol. The molecule has 4 amide bonds. The molecule has 6 atom stereocenters. The van der Waals surface area contributed by atoms with Crippen LogP contribution in [0.1, 0.15) is 42.7 Å². The number of hydrogen-bond donors (Lipinski definition) is 1. The fourth-order valence-corrected chi connectivity index (χ4v) is 10.2. The molecule has 3 aromatic rings. The molecule has 0 radical (unpaired) electrons. The third-order valence-electron chi connectivity index (χ3n) is 11.7. The van der Waals surface area contributed by atoms with Gasteiger partial charge in [-0.3, -0.25) is 29.0 Å². The summed E-state index contributed by atoms with van der Waals surface area (Å²) in [5, 5.41) is 11.4. The van der Waals surface area contributed by atoms with Gasteiger partial charge >= 0.3 is 0 Å². The average Bonchev–Trinajstić information content (AvgIpc) is 3.47. The molecule has 264 valence electrons. The number of carbonyl (C=O) groups is 4. The van der Waals surface area contributed by atoms with Crippen LogP contribution >= 0.6 is 23.2 Å². The Morgan fingerprint density at radius 2 is 1.59 bits per heavy atom. The summed E-state index contributed by atoms with van der Waals surface area (Å²) in [6, 6.07) is 19.3. The van der Waals surface area contributed by atoms with Crippen molar-refractivity contribution >= 4 is 52.5 Å². The van der Waals surface area contributed by atoms with Crippen LogP contribution in [0.25, 0.3) is 0 Å². The third kappa shape index (κ3) is 4.97. The van der Waals surface area contributed by atoms with Gasteiger partial charge in [-0.25, -0.2) is 9.29 Å². The molecule has 1 N–H and O–H groups in total. The van der Waals surface area contributed by atoms with Crippen molar-refractivity contribution in [2.75, 3.05) is 25.1 Å². The molecule has 0 aromatic heterocycles. The van der Waals surface area contributed by atoms with Gasteiger partial charge in [0.05, 0.1) is 24.6 Å². The molecule has 6 unspecified atom stereocenters. The molecule has 8 rings (SSSR count). The van der Waals surface area contributed by atoms with Gasteiger partial charge in [-0.05, 0) is 73.6 Å². The fourth-order valence-electron chi connectivity index (χ4n) is 9.28. The Bertz CT molecular complexity index is 1970. The van der Waals surface area contributed by atoms with E-state index in [1.807, 2.05) is 24.3 Å². The van der Waals surface area contributed by atoms with E-state index in [1.165, 1.54) is 35.8 Å². The van der Waals surface area contributed by atoms with E-state index in [0.717, 1.165) is 36.7 Å². The quantitative estimate of drug-likeness (QED) is 0.195. The second-order valence-corrected chi connectivity index (χ2v) is 15.4. The van der Waals surface area contributed by atoms with Gasteiger partial charge < -0.3 is 9.84 Å². The van der Waals surface area contributed by atoms with Gasteiger partial charge in [0.2, 0.25) is 11.8 Å². The van der Waals surface area contributed by atoms with Crippen LogP contribution in [-0.2, 0) is 25.7 Å². The number of aromatic hydroxyl groups is 1. The molecule has 9 nitrogen and oxygen atoms in total. The highest BCUT2D eigenvalue weighted by molar-refractivity contribution is 6.58. The van der Waals surface area contributed by atoms with E-state index in [9.17, 15) is 28.7 Å². The zero-order chi connectivity index (χ0) is 35.8. The summed E-state index contributed by atoms with van der Waals surface area (Å²) in [7, 11) is 1.41. The van der Waals surface area contributed by atoms with E-state index < -0.39 is 51.1 Å². The Labute approximate surface area is 304 Å². The predicted molar refractivity (Wildman–Crippen MR) is 188 cm³/mol. The third-order valence-corrected chi connectivity index (χ3v) is 13.1. The number of rotatable bonds is 6. The molecule has 51 heavy (non-hydrogen) atoms. The largest absolute Gasteiger partial charge is 0.508 e. The second-order valence-electron chi connectivity index (χ2n) is 14.2. The highest BCUT2D eigenvalue weighted by atomic mass is 35.5. The molecule has 0 bridgehead atoms. The first-order valence-electron chi connectivity index (χ1n) is 17.2. The van der Waals surface area contributed by atoms with Crippen molar-refractivity contribution in [3.63, 3.8) is 0 Å². The number of halogens is 3. The number of carbonyl (C=O) groups excluding carboxylic acids is 4. The molecule has 3 saturated heterocycles. The van der Waals surface area contributed by atoms with Gasteiger partial charge in [0.25, 0.3) is 11.8 Å². The number of fused-ring (bicyclic) bond motifs is 4. The maximum atomic E-state index is 14.6. The second kappa shape index (κ2) is 12.5. The van der Waals surface area contributed by atoms with Crippen molar-refractivity contribution in [2.24, 2.45) is 17.8 Å². The fraction of sp³-hybridized carbons (Fsp3) is 0.385. The molecule has 3 heterocycles. The highest BCUT2D eigenvalue weighted by Crippen LogP contribution is 2.67. The molecule has 0 spiro atoms. The number of piperidine rings is 1. The predicted octanol–water partition coefficient (Wildman–Crippen LogP) is 5.77.